The molecule has 1 atom stereocenters. The lowest BCUT2D eigenvalue weighted by atomic mass is 10.2. The quantitative estimate of drug-likeness (QED) is 0.509. The van der Waals surface area contributed by atoms with Gasteiger partial charge in [-0.2, -0.15) is 0 Å². The van der Waals surface area contributed by atoms with Crippen LogP contribution in [0.4, 0.5) is 5.69 Å². The highest BCUT2D eigenvalue weighted by Crippen LogP contribution is 2.23. The molecule has 0 heterocycles. The highest BCUT2D eigenvalue weighted by molar-refractivity contribution is 6.30. The average molecular weight is 390 g/mol. The Bertz CT molecular complexity index is 789. The molecule has 0 aromatic heterocycles. The molecule has 0 unspecified atom stereocenters. The van der Waals surface area contributed by atoms with E-state index < -0.39 is 6.10 Å². The van der Waals surface area contributed by atoms with Gasteiger partial charge in [0.05, 0.1) is 12.2 Å². The maximum atomic E-state index is 12.3. The number of ether oxygens (including phenoxy) is 2. The summed E-state index contributed by atoms with van der Waals surface area (Å²) in [6.45, 7) is 5.98. The van der Waals surface area contributed by atoms with Crippen LogP contribution in [0.25, 0.3) is 0 Å². The molecule has 0 aliphatic rings. The Labute approximate surface area is 164 Å². The Kier molecular flexibility index (Phi) is 7.67. The summed E-state index contributed by atoms with van der Waals surface area (Å²) < 4.78 is 10.9. The van der Waals surface area contributed by atoms with E-state index in [-0.39, 0.29) is 11.9 Å². The maximum Gasteiger partial charge on any atom is 0.338 e. The standard InChI is InChI=1S/C21H24ClNO4/c1-4-5-12-26-21(25)16-6-9-18(10-7-16)23-20(24)15(3)27-19-11-8-17(22)13-14(19)2/h6-11,13,15H,4-5,12H2,1-3H3,(H,23,24)/t15-/m1/s1. The van der Waals surface area contributed by atoms with Gasteiger partial charge in [0.1, 0.15) is 5.75 Å². The Morgan fingerprint density at radius 1 is 1.15 bits per heavy atom. The van der Waals surface area contributed by atoms with Crippen molar-refractivity contribution in [1.29, 1.82) is 0 Å². The lowest BCUT2D eigenvalue weighted by Gasteiger charge is -2.16. The number of anilines is 1. The second-order valence-corrected chi connectivity index (χ2v) is 6.66. The summed E-state index contributed by atoms with van der Waals surface area (Å²) in [6.07, 6.45) is 1.11. The third-order valence-electron chi connectivity index (χ3n) is 3.93. The van der Waals surface area contributed by atoms with Gasteiger partial charge in [-0.15, -0.1) is 0 Å². The van der Waals surface area contributed by atoms with E-state index in [2.05, 4.69) is 5.32 Å². The first-order valence-corrected chi connectivity index (χ1v) is 9.29. The van der Waals surface area contributed by atoms with Crippen LogP contribution in [0.1, 0.15) is 42.6 Å². The summed E-state index contributed by atoms with van der Waals surface area (Å²) in [4.78, 5) is 24.2. The highest BCUT2D eigenvalue weighted by Gasteiger charge is 2.16. The number of carbonyl (C=O) groups is 2. The minimum Gasteiger partial charge on any atom is -0.481 e. The van der Waals surface area contributed by atoms with Crippen LogP contribution < -0.4 is 10.1 Å². The molecule has 27 heavy (non-hydrogen) atoms. The number of hydrogen-bond acceptors (Lipinski definition) is 4. The molecule has 0 saturated heterocycles. The second-order valence-electron chi connectivity index (χ2n) is 6.23. The topological polar surface area (TPSA) is 64.6 Å². The Morgan fingerprint density at radius 3 is 2.48 bits per heavy atom. The molecule has 0 fully saturated rings. The minimum absolute atomic E-state index is 0.289. The highest BCUT2D eigenvalue weighted by atomic mass is 35.5. The molecule has 5 nitrogen and oxygen atoms in total. The van der Waals surface area contributed by atoms with Gasteiger partial charge in [0.15, 0.2) is 6.10 Å². The molecule has 144 valence electrons. The maximum absolute atomic E-state index is 12.3. The van der Waals surface area contributed by atoms with Crippen molar-refractivity contribution in [2.75, 3.05) is 11.9 Å². The van der Waals surface area contributed by atoms with E-state index >= 15 is 0 Å². The van der Waals surface area contributed by atoms with Gasteiger partial charge in [-0.1, -0.05) is 24.9 Å². The van der Waals surface area contributed by atoms with E-state index in [1.807, 2.05) is 13.8 Å². The third kappa shape index (κ3) is 6.29. The van der Waals surface area contributed by atoms with E-state index in [1.54, 1.807) is 49.4 Å². The summed E-state index contributed by atoms with van der Waals surface area (Å²) in [5, 5.41) is 3.39. The predicted molar refractivity (Wildman–Crippen MR) is 107 cm³/mol. The number of benzene rings is 2. The van der Waals surface area contributed by atoms with E-state index in [1.165, 1.54) is 0 Å². The van der Waals surface area contributed by atoms with Crippen LogP contribution in [0.5, 0.6) is 5.75 Å². The minimum atomic E-state index is -0.691. The van der Waals surface area contributed by atoms with Crippen LogP contribution in [0.2, 0.25) is 5.02 Å². The summed E-state index contributed by atoms with van der Waals surface area (Å²) in [5.74, 6) is -0.0499. The van der Waals surface area contributed by atoms with Crippen LogP contribution in [0.3, 0.4) is 0 Å². The lowest BCUT2D eigenvalue weighted by molar-refractivity contribution is -0.122. The Hall–Kier alpha value is -2.53. The van der Waals surface area contributed by atoms with Gasteiger partial charge in [-0.25, -0.2) is 4.79 Å². The Morgan fingerprint density at radius 2 is 1.85 bits per heavy atom. The van der Waals surface area contributed by atoms with E-state index in [0.717, 1.165) is 18.4 Å². The molecule has 2 rings (SSSR count). The van der Waals surface area contributed by atoms with Crippen LogP contribution in [-0.4, -0.2) is 24.6 Å². The van der Waals surface area contributed by atoms with Crippen molar-refractivity contribution in [2.45, 2.75) is 39.7 Å². The van der Waals surface area contributed by atoms with Crippen LogP contribution in [-0.2, 0) is 9.53 Å². The van der Waals surface area contributed by atoms with Gasteiger partial charge in [0.2, 0.25) is 0 Å². The second kappa shape index (κ2) is 9.97. The normalized spacial score (nSPS) is 11.6. The third-order valence-corrected chi connectivity index (χ3v) is 4.16. The van der Waals surface area contributed by atoms with E-state index in [4.69, 9.17) is 21.1 Å². The lowest BCUT2D eigenvalue weighted by Crippen LogP contribution is -2.30. The van der Waals surface area contributed by atoms with Crippen molar-refractivity contribution in [3.8, 4) is 5.75 Å². The molecular formula is C21H24ClNO4. The van der Waals surface area contributed by atoms with Gasteiger partial charge in [0.25, 0.3) is 5.91 Å². The number of esters is 1. The zero-order chi connectivity index (χ0) is 19.8. The fourth-order valence-electron chi connectivity index (χ4n) is 2.32. The molecule has 2 aromatic carbocycles. The van der Waals surface area contributed by atoms with Crippen molar-refractivity contribution in [2.24, 2.45) is 0 Å². The van der Waals surface area contributed by atoms with Gasteiger partial charge in [-0.05, 0) is 68.3 Å². The first kappa shape index (κ1) is 20.8. The molecule has 1 N–H and O–H groups in total. The van der Waals surface area contributed by atoms with Crippen molar-refractivity contribution in [3.63, 3.8) is 0 Å². The number of rotatable bonds is 8. The number of halogens is 1. The Balaban J connectivity index is 1.91. The SMILES string of the molecule is CCCCOC(=O)c1ccc(NC(=O)[C@@H](C)Oc2ccc(Cl)cc2C)cc1. The summed E-state index contributed by atoms with van der Waals surface area (Å²) >= 11 is 5.93. The number of amides is 1. The molecule has 0 radical (unpaired) electrons. The van der Waals surface area contributed by atoms with E-state index in [9.17, 15) is 9.59 Å². The van der Waals surface area contributed by atoms with Crippen molar-refractivity contribution in [1.82, 2.24) is 0 Å². The molecule has 6 heteroatoms. The number of aryl methyl sites for hydroxylation is 1. The number of carbonyl (C=O) groups excluding carboxylic acids is 2. The van der Waals surface area contributed by atoms with Crippen molar-refractivity contribution in [3.05, 3.63) is 58.6 Å². The van der Waals surface area contributed by atoms with Crippen molar-refractivity contribution < 1.29 is 19.1 Å². The van der Waals surface area contributed by atoms with Crippen LogP contribution in [0, 0.1) is 6.92 Å². The molecule has 0 spiro atoms. The van der Waals surface area contributed by atoms with Gasteiger partial charge >= 0.3 is 5.97 Å². The number of nitrogens with one attached hydrogen (secondary N) is 1. The molecule has 2 aromatic rings. The van der Waals surface area contributed by atoms with E-state index in [0.29, 0.717) is 28.6 Å². The smallest absolute Gasteiger partial charge is 0.338 e. The molecule has 0 aliphatic carbocycles. The fourth-order valence-corrected chi connectivity index (χ4v) is 2.54. The first-order valence-electron chi connectivity index (χ1n) is 8.91. The molecule has 0 saturated carbocycles. The number of hydrogen-bond donors (Lipinski definition) is 1. The summed E-state index contributed by atoms with van der Waals surface area (Å²) in [6, 6.07) is 11.8. The molecule has 0 aliphatic heterocycles. The molecular weight excluding hydrogens is 366 g/mol. The van der Waals surface area contributed by atoms with Gasteiger partial charge < -0.3 is 14.8 Å². The van der Waals surface area contributed by atoms with Gasteiger partial charge in [-0.3, -0.25) is 4.79 Å². The zero-order valence-corrected chi connectivity index (χ0v) is 16.5. The average Bonchev–Trinajstić information content (AvgIpc) is 2.64. The summed E-state index contributed by atoms with van der Waals surface area (Å²) in [7, 11) is 0. The van der Waals surface area contributed by atoms with Crippen LogP contribution >= 0.6 is 11.6 Å². The molecule has 1 amide bonds. The predicted octanol–water partition coefficient (Wildman–Crippen LogP) is 5.01. The van der Waals surface area contributed by atoms with Gasteiger partial charge in [0, 0.05) is 10.7 Å². The largest absolute Gasteiger partial charge is 0.481 e. The monoisotopic (exact) mass is 389 g/mol. The summed E-state index contributed by atoms with van der Waals surface area (Å²) in [5.41, 5.74) is 1.88. The van der Waals surface area contributed by atoms with Crippen molar-refractivity contribution >= 4 is 29.2 Å². The fraction of sp³-hybridized carbons (Fsp3) is 0.333. The number of unbranched alkanes of at least 4 members (excludes halogenated alkanes) is 1. The molecule has 0 bridgehead atoms. The van der Waals surface area contributed by atoms with Crippen LogP contribution in [0.15, 0.2) is 42.5 Å². The first-order chi connectivity index (χ1) is 12.9. The zero-order valence-electron chi connectivity index (χ0n) is 15.8.